The summed E-state index contributed by atoms with van der Waals surface area (Å²) >= 11 is 1.62. The second-order valence-corrected chi connectivity index (χ2v) is 11.0. The summed E-state index contributed by atoms with van der Waals surface area (Å²) in [6, 6.07) is 14.9. The van der Waals surface area contributed by atoms with E-state index >= 15 is 0 Å². The molecule has 2 aromatic carbocycles. The van der Waals surface area contributed by atoms with Crippen molar-refractivity contribution in [2.24, 2.45) is 4.99 Å². The standard InChI is InChI=1S/C21H24N2O2S2/c1-14-5-4-6-17(8-14)11-23(18-9-15(2)7-16(3)10-18)21-22-19-12-27(24,25)13-20(19)26-21/h4-10,19-20H,11-13H2,1-3H3/t19-,20-/m1/s1. The van der Waals surface area contributed by atoms with E-state index in [4.69, 9.17) is 4.99 Å². The van der Waals surface area contributed by atoms with Gasteiger partial charge in [0.05, 0.1) is 24.1 Å². The SMILES string of the molecule is Cc1cccc(CN(C2=N[C@@H]3CS(=O)(=O)C[C@H]3S2)c2cc(C)cc(C)c2)c1. The predicted octanol–water partition coefficient (Wildman–Crippen LogP) is 3.89. The van der Waals surface area contributed by atoms with Gasteiger partial charge < -0.3 is 4.90 Å². The van der Waals surface area contributed by atoms with Crippen molar-refractivity contribution in [3.63, 3.8) is 0 Å². The van der Waals surface area contributed by atoms with Crippen LogP contribution in [0.3, 0.4) is 0 Å². The molecule has 1 fully saturated rings. The Balaban J connectivity index is 1.70. The molecule has 0 aliphatic carbocycles. The van der Waals surface area contributed by atoms with E-state index in [9.17, 15) is 8.42 Å². The molecule has 6 heteroatoms. The van der Waals surface area contributed by atoms with Crippen LogP contribution in [0.4, 0.5) is 5.69 Å². The van der Waals surface area contributed by atoms with Gasteiger partial charge >= 0.3 is 0 Å². The van der Waals surface area contributed by atoms with Gasteiger partial charge in [0.2, 0.25) is 0 Å². The van der Waals surface area contributed by atoms with E-state index in [1.165, 1.54) is 22.3 Å². The molecule has 4 rings (SSSR count). The molecule has 0 unspecified atom stereocenters. The molecule has 0 bridgehead atoms. The molecule has 2 atom stereocenters. The highest BCUT2D eigenvalue weighted by Crippen LogP contribution is 2.37. The number of nitrogens with zero attached hydrogens (tertiary/aromatic N) is 2. The maximum Gasteiger partial charge on any atom is 0.164 e. The first kappa shape index (κ1) is 18.6. The first-order valence-electron chi connectivity index (χ1n) is 9.15. The number of benzene rings is 2. The van der Waals surface area contributed by atoms with Gasteiger partial charge in [0.1, 0.15) is 0 Å². The second-order valence-electron chi connectivity index (χ2n) is 7.63. The largest absolute Gasteiger partial charge is 0.317 e. The number of aryl methyl sites for hydroxylation is 3. The lowest BCUT2D eigenvalue weighted by Crippen LogP contribution is -2.28. The maximum absolute atomic E-state index is 11.9. The number of hydrogen-bond acceptors (Lipinski definition) is 5. The van der Waals surface area contributed by atoms with Gasteiger partial charge in [-0.1, -0.05) is 47.7 Å². The molecule has 2 heterocycles. The Morgan fingerprint density at radius 3 is 2.44 bits per heavy atom. The van der Waals surface area contributed by atoms with E-state index in [2.05, 4.69) is 68.1 Å². The van der Waals surface area contributed by atoms with E-state index in [1.54, 1.807) is 11.8 Å². The number of fused-ring (bicyclic) bond motifs is 1. The van der Waals surface area contributed by atoms with Crippen molar-refractivity contribution in [1.82, 2.24) is 0 Å². The Morgan fingerprint density at radius 1 is 1.04 bits per heavy atom. The molecule has 2 aliphatic heterocycles. The Labute approximate surface area is 165 Å². The third-order valence-electron chi connectivity index (χ3n) is 4.98. The van der Waals surface area contributed by atoms with Crippen LogP contribution < -0.4 is 4.90 Å². The third kappa shape index (κ3) is 4.06. The molecular formula is C21H24N2O2S2. The summed E-state index contributed by atoms with van der Waals surface area (Å²) in [6.07, 6.45) is 0. The molecule has 2 aromatic rings. The van der Waals surface area contributed by atoms with Crippen molar-refractivity contribution in [3.8, 4) is 0 Å². The van der Waals surface area contributed by atoms with Crippen molar-refractivity contribution < 1.29 is 8.42 Å². The summed E-state index contributed by atoms with van der Waals surface area (Å²) < 4.78 is 23.8. The Hall–Kier alpha value is -1.79. The third-order valence-corrected chi connectivity index (χ3v) is 8.22. The fourth-order valence-corrected chi connectivity index (χ4v) is 7.62. The van der Waals surface area contributed by atoms with Crippen LogP contribution in [0.2, 0.25) is 0 Å². The van der Waals surface area contributed by atoms with Crippen molar-refractivity contribution in [3.05, 3.63) is 64.7 Å². The molecule has 2 aliphatic rings. The van der Waals surface area contributed by atoms with Crippen molar-refractivity contribution in [1.29, 1.82) is 0 Å². The smallest absolute Gasteiger partial charge is 0.164 e. The van der Waals surface area contributed by atoms with Crippen LogP contribution in [0.5, 0.6) is 0 Å². The van der Waals surface area contributed by atoms with Crippen LogP contribution in [-0.2, 0) is 16.4 Å². The van der Waals surface area contributed by atoms with E-state index < -0.39 is 9.84 Å². The van der Waals surface area contributed by atoms with E-state index in [0.717, 1.165) is 17.4 Å². The Kier molecular flexibility index (Phi) is 4.80. The van der Waals surface area contributed by atoms with Crippen molar-refractivity contribution >= 4 is 32.5 Å². The molecular weight excluding hydrogens is 376 g/mol. The molecule has 0 spiro atoms. The van der Waals surface area contributed by atoms with Gasteiger partial charge in [-0.25, -0.2) is 8.42 Å². The normalized spacial score (nSPS) is 23.1. The lowest BCUT2D eigenvalue weighted by Gasteiger charge is -2.26. The van der Waals surface area contributed by atoms with Gasteiger partial charge in [0.15, 0.2) is 15.0 Å². The molecule has 0 radical (unpaired) electrons. The Morgan fingerprint density at radius 2 is 1.78 bits per heavy atom. The summed E-state index contributed by atoms with van der Waals surface area (Å²) in [7, 11) is -2.94. The molecule has 142 valence electrons. The zero-order valence-corrected chi connectivity index (χ0v) is 17.5. The van der Waals surface area contributed by atoms with Crippen LogP contribution in [0, 0.1) is 20.8 Å². The van der Waals surface area contributed by atoms with Gasteiger partial charge in [0.25, 0.3) is 0 Å². The first-order chi connectivity index (χ1) is 12.8. The topological polar surface area (TPSA) is 49.7 Å². The number of aliphatic imine (C=N–C) groups is 1. The van der Waals surface area contributed by atoms with E-state index in [1.807, 2.05) is 0 Å². The number of amidine groups is 1. The zero-order chi connectivity index (χ0) is 19.2. The number of thioether (sulfide) groups is 1. The van der Waals surface area contributed by atoms with Crippen LogP contribution in [-0.4, -0.2) is 36.4 Å². The van der Waals surface area contributed by atoms with Gasteiger partial charge in [-0.3, -0.25) is 4.99 Å². The summed E-state index contributed by atoms with van der Waals surface area (Å²) in [4.78, 5) is 7.07. The van der Waals surface area contributed by atoms with Crippen LogP contribution in [0.25, 0.3) is 0 Å². The number of rotatable bonds is 3. The van der Waals surface area contributed by atoms with Crippen molar-refractivity contribution in [2.75, 3.05) is 16.4 Å². The monoisotopic (exact) mass is 400 g/mol. The van der Waals surface area contributed by atoms with Gasteiger partial charge in [-0.05, 0) is 49.6 Å². The maximum atomic E-state index is 11.9. The average molecular weight is 401 g/mol. The number of hydrogen-bond donors (Lipinski definition) is 0. The van der Waals surface area contributed by atoms with Crippen LogP contribution >= 0.6 is 11.8 Å². The summed E-state index contributed by atoms with van der Waals surface area (Å²) in [5.74, 6) is 0.416. The minimum atomic E-state index is -2.94. The molecule has 0 saturated carbocycles. The quantitative estimate of drug-likeness (QED) is 0.784. The molecule has 0 aromatic heterocycles. The highest BCUT2D eigenvalue weighted by Gasteiger charge is 2.44. The van der Waals surface area contributed by atoms with Crippen LogP contribution in [0.15, 0.2) is 47.5 Å². The Bertz CT molecular complexity index is 994. The molecule has 4 nitrogen and oxygen atoms in total. The van der Waals surface area contributed by atoms with Gasteiger partial charge in [0, 0.05) is 10.9 Å². The minimum Gasteiger partial charge on any atom is -0.317 e. The first-order valence-corrected chi connectivity index (χ1v) is 11.9. The zero-order valence-electron chi connectivity index (χ0n) is 15.8. The fourth-order valence-electron chi connectivity index (χ4n) is 3.84. The number of sulfone groups is 1. The summed E-state index contributed by atoms with van der Waals surface area (Å²) in [5.41, 5.74) is 6.00. The van der Waals surface area contributed by atoms with E-state index in [0.29, 0.717) is 0 Å². The summed E-state index contributed by atoms with van der Waals surface area (Å²) in [5, 5.41) is 0.988. The minimum absolute atomic E-state index is 0.0518. The average Bonchev–Trinajstić information content (AvgIpc) is 3.05. The molecule has 27 heavy (non-hydrogen) atoms. The van der Waals surface area contributed by atoms with Crippen molar-refractivity contribution in [2.45, 2.75) is 38.6 Å². The fraction of sp³-hybridized carbons (Fsp3) is 0.381. The molecule has 0 N–H and O–H groups in total. The van der Waals surface area contributed by atoms with Crippen LogP contribution in [0.1, 0.15) is 22.3 Å². The predicted molar refractivity (Wildman–Crippen MR) is 115 cm³/mol. The highest BCUT2D eigenvalue weighted by atomic mass is 32.2. The lowest BCUT2D eigenvalue weighted by molar-refractivity contribution is 0.601. The second kappa shape index (κ2) is 6.99. The van der Waals surface area contributed by atoms with Gasteiger partial charge in [-0.2, -0.15) is 0 Å². The highest BCUT2D eigenvalue weighted by molar-refractivity contribution is 8.15. The molecule has 0 amide bonds. The van der Waals surface area contributed by atoms with Gasteiger partial charge in [-0.15, -0.1) is 0 Å². The molecule has 1 saturated heterocycles. The lowest BCUT2D eigenvalue weighted by atomic mass is 10.1. The summed E-state index contributed by atoms with van der Waals surface area (Å²) in [6.45, 7) is 7.03. The van der Waals surface area contributed by atoms with E-state index in [-0.39, 0.29) is 22.8 Å². The number of anilines is 1.